The van der Waals surface area contributed by atoms with Crippen molar-refractivity contribution in [1.29, 1.82) is 0 Å². The van der Waals surface area contributed by atoms with Gasteiger partial charge in [-0.15, -0.1) is 11.3 Å². The highest BCUT2D eigenvalue weighted by Crippen LogP contribution is 2.39. The summed E-state index contributed by atoms with van der Waals surface area (Å²) in [6.07, 6.45) is 4.57. The quantitative estimate of drug-likeness (QED) is 0.429. The average Bonchev–Trinajstić information content (AvgIpc) is 3.38. The number of aryl methyl sites for hydroxylation is 1. The van der Waals surface area contributed by atoms with Crippen molar-refractivity contribution in [2.75, 3.05) is 82.4 Å². The van der Waals surface area contributed by atoms with Crippen molar-refractivity contribution in [2.24, 2.45) is 0 Å². The second kappa shape index (κ2) is 13.1. The molecular formula is C31H43N7O3S. The predicted molar refractivity (Wildman–Crippen MR) is 168 cm³/mol. The predicted octanol–water partition coefficient (Wildman–Crippen LogP) is 3.04. The zero-order valence-electron chi connectivity index (χ0n) is 24.8. The molecule has 1 atom stereocenters. The Morgan fingerprint density at radius 1 is 1.12 bits per heavy atom. The van der Waals surface area contributed by atoms with E-state index in [9.17, 15) is 9.90 Å². The number of pyridine rings is 1. The maximum Gasteiger partial charge on any atom is 0.224 e. The minimum Gasteiger partial charge on any atom is -0.494 e. The number of aromatic nitrogens is 2. The molecule has 0 spiro atoms. The van der Waals surface area contributed by atoms with E-state index in [1.54, 1.807) is 18.4 Å². The van der Waals surface area contributed by atoms with Crippen molar-refractivity contribution in [3.63, 3.8) is 0 Å². The van der Waals surface area contributed by atoms with Crippen LogP contribution in [0.3, 0.4) is 0 Å². The van der Waals surface area contributed by atoms with Crippen LogP contribution in [0.5, 0.6) is 5.75 Å². The van der Waals surface area contributed by atoms with Crippen LogP contribution in [0.4, 0.5) is 10.8 Å². The molecular weight excluding hydrogens is 550 g/mol. The van der Waals surface area contributed by atoms with Gasteiger partial charge in [-0.2, -0.15) is 0 Å². The van der Waals surface area contributed by atoms with Gasteiger partial charge in [-0.1, -0.05) is 6.07 Å². The van der Waals surface area contributed by atoms with Gasteiger partial charge < -0.3 is 29.9 Å². The molecule has 6 rings (SSSR count). The number of benzene rings is 1. The number of piperidine rings is 1. The molecule has 42 heavy (non-hydrogen) atoms. The van der Waals surface area contributed by atoms with E-state index in [-0.39, 0.29) is 18.1 Å². The lowest BCUT2D eigenvalue weighted by Crippen LogP contribution is -2.47. The Kier molecular flexibility index (Phi) is 9.09. The molecule has 226 valence electrons. The van der Waals surface area contributed by atoms with Crippen molar-refractivity contribution in [2.45, 2.75) is 44.8 Å². The number of thiazole rings is 1. The van der Waals surface area contributed by atoms with Crippen molar-refractivity contribution in [1.82, 2.24) is 25.1 Å². The number of anilines is 2. The van der Waals surface area contributed by atoms with Gasteiger partial charge in [0.15, 0.2) is 5.13 Å². The van der Waals surface area contributed by atoms with E-state index in [1.807, 2.05) is 17.2 Å². The van der Waals surface area contributed by atoms with Crippen LogP contribution in [-0.4, -0.2) is 109 Å². The Morgan fingerprint density at radius 3 is 2.71 bits per heavy atom. The van der Waals surface area contributed by atoms with E-state index in [4.69, 9.17) is 14.7 Å². The zero-order chi connectivity index (χ0) is 29.1. The zero-order valence-corrected chi connectivity index (χ0v) is 25.6. The maximum absolute atomic E-state index is 13.6. The van der Waals surface area contributed by atoms with Gasteiger partial charge >= 0.3 is 0 Å². The van der Waals surface area contributed by atoms with Crippen LogP contribution in [0.15, 0.2) is 29.8 Å². The minimum absolute atomic E-state index is 0.0815. The average molecular weight is 594 g/mol. The first-order valence-corrected chi connectivity index (χ1v) is 16.2. The maximum atomic E-state index is 13.6. The van der Waals surface area contributed by atoms with Crippen LogP contribution in [-0.2, 0) is 4.79 Å². The van der Waals surface area contributed by atoms with Crippen LogP contribution in [0, 0.1) is 6.92 Å². The fraction of sp³-hybridized carbons (Fsp3) is 0.581. The number of aliphatic hydroxyl groups is 1. The first-order valence-electron chi connectivity index (χ1n) is 15.3. The number of nitrogens with zero attached hydrogens (tertiary/aromatic N) is 6. The third-order valence-electron chi connectivity index (χ3n) is 8.92. The first-order chi connectivity index (χ1) is 20.5. The molecule has 1 aromatic carbocycles. The van der Waals surface area contributed by atoms with E-state index in [2.05, 4.69) is 44.5 Å². The van der Waals surface area contributed by atoms with Gasteiger partial charge in [0, 0.05) is 88.8 Å². The summed E-state index contributed by atoms with van der Waals surface area (Å²) in [5.74, 6) is 1.09. The molecule has 0 radical (unpaired) electrons. The summed E-state index contributed by atoms with van der Waals surface area (Å²) in [7, 11) is 1.74. The minimum atomic E-state index is -0.218. The third kappa shape index (κ3) is 6.20. The number of amides is 1. The van der Waals surface area contributed by atoms with Crippen molar-refractivity contribution >= 4 is 39.0 Å². The summed E-state index contributed by atoms with van der Waals surface area (Å²) < 4.78 is 5.93. The fourth-order valence-corrected chi connectivity index (χ4v) is 7.54. The number of hydrogen-bond acceptors (Lipinski definition) is 10. The molecule has 0 aliphatic carbocycles. The highest BCUT2D eigenvalue weighted by atomic mass is 32.1. The Bertz CT molecular complexity index is 1370. The number of hydrogen-bond donors (Lipinski definition) is 2. The summed E-state index contributed by atoms with van der Waals surface area (Å²) in [6, 6.07) is 6.16. The van der Waals surface area contributed by atoms with Gasteiger partial charge in [0.05, 0.1) is 30.5 Å². The van der Waals surface area contributed by atoms with Gasteiger partial charge in [0.1, 0.15) is 11.4 Å². The highest BCUT2D eigenvalue weighted by molar-refractivity contribution is 7.13. The second-order valence-electron chi connectivity index (χ2n) is 11.7. The highest BCUT2D eigenvalue weighted by Gasteiger charge is 2.32. The van der Waals surface area contributed by atoms with Crippen molar-refractivity contribution in [3.8, 4) is 5.75 Å². The Hall–Kier alpha value is -2.99. The molecule has 11 heteroatoms. The van der Waals surface area contributed by atoms with Crippen LogP contribution in [0.2, 0.25) is 0 Å². The van der Waals surface area contributed by atoms with Gasteiger partial charge in [-0.05, 0) is 43.9 Å². The lowest BCUT2D eigenvalue weighted by atomic mass is 10.1. The summed E-state index contributed by atoms with van der Waals surface area (Å²) >= 11 is 1.66. The Balaban J connectivity index is 1.26. The summed E-state index contributed by atoms with van der Waals surface area (Å²) in [4.78, 5) is 32.6. The number of ether oxygens (including phenoxy) is 1. The number of rotatable bonds is 7. The van der Waals surface area contributed by atoms with E-state index < -0.39 is 0 Å². The summed E-state index contributed by atoms with van der Waals surface area (Å²) in [5.41, 5.74) is 4.12. The topological polar surface area (TPSA) is 97.3 Å². The smallest absolute Gasteiger partial charge is 0.224 e. The first kappa shape index (κ1) is 29.1. The standard InChI is InChI=1S/C31H43N7O3S/c1-22-19-23-5-3-8-33-28(23)29(30(22)41-2)37-12-4-11-35(17-18-37)26(20-27(40)36-15-9-32-10-16-36)25-21-42-31(34-25)38-13-6-24(39)7-14-38/h3,5,8,19,21,24,26,32,39H,4,6-7,9-18,20H2,1-2H3. The molecule has 3 aliphatic rings. The lowest BCUT2D eigenvalue weighted by Gasteiger charge is -2.33. The number of piperazine rings is 1. The number of methoxy groups -OCH3 is 1. The molecule has 3 aliphatic heterocycles. The molecule has 3 fully saturated rings. The van der Waals surface area contributed by atoms with Crippen LogP contribution < -0.4 is 19.9 Å². The number of carbonyl (C=O) groups is 1. The fourth-order valence-electron chi connectivity index (χ4n) is 6.61. The summed E-state index contributed by atoms with van der Waals surface area (Å²) in [5, 5.41) is 17.6. The monoisotopic (exact) mass is 593 g/mol. The molecule has 2 aromatic heterocycles. The van der Waals surface area contributed by atoms with Crippen molar-refractivity contribution in [3.05, 3.63) is 41.0 Å². The molecule has 1 amide bonds. The molecule has 1 unspecified atom stereocenters. The number of fused-ring (bicyclic) bond motifs is 1. The van der Waals surface area contributed by atoms with E-state index in [1.165, 1.54) is 0 Å². The molecule has 5 heterocycles. The Morgan fingerprint density at radius 2 is 1.93 bits per heavy atom. The van der Waals surface area contributed by atoms with E-state index in [0.29, 0.717) is 6.42 Å². The number of nitrogens with one attached hydrogen (secondary N) is 1. The van der Waals surface area contributed by atoms with Gasteiger partial charge in [-0.25, -0.2) is 4.98 Å². The van der Waals surface area contributed by atoms with E-state index in [0.717, 1.165) is 123 Å². The SMILES string of the molecule is COc1c(C)cc2cccnc2c1N1CCCN(C(CC(=O)N2CCNCC2)c2csc(N3CCC(O)CC3)n2)CC1. The van der Waals surface area contributed by atoms with E-state index >= 15 is 0 Å². The largest absolute Gasteiger partial charge is 0.494 e. The molecule has 3 saturated heterocycles. The summed E-state index contributed by atoms with van der Waals surface area (Å²) in [6.45, 7) is 10.3. The normalized spacial score (nSPS) is 20.1. The molecule has 2 N–H and O–H groups in total. The van der Waals surface area contributed by atoms with Crippen LogP contribution in [0.25, 0.3) is 10.9 Å². The second-order valence-corrected chi connectivity index (χ2v) is 12.5. The van der Waals surface area contributed by atoms with Gasteiger partial charge in [0.2, 0.25) is 5.91 Å². The number of aliphatic hydroxyl groups excluding tert-OH is 1. The Labute approximate surface area is 252 Å². The van der Waals surface area contributed by atoms with Gasteiger partial charge in [0.25, 0.3) is 0 Å². The van der Waals surface area contributed by atoms with Crippen molar-refractivity contribution < 1.29 is 14.6 Å². The van der Waals surface area contributed by atoms with Gasteiger partial charge in [-0.3, -0.25) is 14.7 Å². The lowest BCUT2D eigenvalue weighted by molar-refractivity contribution is -0.133. The molecule has 10 nitrogen and oxygen atoms in total. The molecule has 3 aromatic rings. The third-order valence-corrected chi connectivity index (χ3v) is 9.84. The molecule has 0 bridgehead atoms. The van der Waals surface area contributed by atoms with Crippen LogP contribution in [0.1, 0.15) is 43.0 Å². The number of carbonyl (C=O) groups excluding carboxylic acids is 1. The van der Waals surface area contributed by atoms with Crippen LogP contribution >= 0.6 is 11.3 Å². The molecule has 0 saturated carbocycles.